The van der Waals surface area contributed by atoms with Crippen LogP contribution in [0.2, 0.25) is 5.02 Å². The van der Waals surface area contributed by atoms with Crippen LogP contribution in [-0.4, -0.2) is 24.7 Å². The van der Waals surface area contributed by atoms with Gasteiger partial charge in [0.25, 0.3) is 0 Å². The smallest absolute Gasteiger partial charge is 0.223 e. The number of nitrogens with one attached hydrogen (secondary N) is 1. The Morgan fingerprint density at radius 2 is 1.81 bits per heavy atom. The summed E-state index contributed by atoms with van der Waals surface area (Å²) in [6.07, 6.45) is 4.68. The summed E-state index contributed by atoms with van der Waals surface area (Å²) in [6.45, 7) is 7.97. The van der Waals surface area contributed by atoms with Crippen molar-refractivity contribution in [2.45, 2.75) is 44.9 Å². The Labute approximate surface area is 217 Å². The summed E-state index contributed by atoms with van der Waals surface area (Å²) >= 11 is 5.99. The van der Waals surface area contributed by atoms with E-state index < -0.39 is 5.66 Å². The molecule has 1 amide bonds. The standard InChI is InChI=1S/C30H31ClN2O3/c1-4-35-27-19-21(11-14-26(27)36-20-22-9-12-23(31)13-10-22)15-17-30-29(2,3)24-7-5-6-8-25(24)33(30)18-16-28(34)32-30/h5-15,17,19H,4,16,18,20H2,1-3H3,(H,32,34)/b17-15+. The Balaban J connectivity index is 1.44. The molecular weight excluding hydrogens is 472 g/mol. The number of fused-ring (bicyclic) bond motifs is 3. The number of ether oxygens (including phenoxy) is 2. The second-order valence-corrected chi connectivity index (χ2v) is 10.2. The summed E-state index contributed by atoms with van der Waals surface area (Å²) in [7, 11) is 0. The number of benzene rings is 3. The van der Waals surface area contributed by atoms with Crippen LogP contribution in [-0.2, 0) is 16.8 Å². The third-order valence-corrected chi connectivity index (χ3v) is 7.48. The van der Waals surface area contributed by atoms with Crippen molar-refractivity contribution in [1.29, 1.82) is 0 Å². The van der Waals surface area contributed by atoms with E-state index in [9.17, 15) is 4.79 Å². The maximum atomic E-state index is 12.6. The van der Waals surface area contributed by atoms with Crippen molar-refractivity contribution in [1.82, 2.24) is 5.32 Å². The van der Waals surface area contributed by atoms with E-state index in [1.807, 2.05) is 49.4 Å². The van der Waals surface area contributed by atoms with E-state index in [-0.39, 0.29) is 11.3 Å². The maximum absolute atomic E-state index is 12.6. The quantitative estimate of drug-likeness (QED) is 0.409. The Bertz CT molecular complexity index is 1300. The molecule has 1 unspecified atom stereocenters. The van der Waals surface area contributed by atoms with Crippen molar-refractivity contribution >= 4 is 29.3 Å². The highest BCUT2D eigenvalue weighted by Gasteiger charge is 2.57. The van der Waals surface area contributed by atoms with Gasteiger partial charge in [-0.25, -0.2) is 0 Å². The van der Waals surface area contributed by atoms with Gasteiger partial charge in [0.15, 0.2) is 11.5 Å². The largest absolute Gasteiger partial charge is 0.490 e. The van der Waals surface area contributed by atoms with E-state index in [1.54, 1.807) is 0 Å². The first kappa shape index (κ1) is 24.3. The fraction of sp³-hybridized carbons (Fsp3) is 0.300. The normalized spacial score (nSPS) is 20.1. The predicted octanol–water partition coefficient (Wildman–Crippen LogP) is 6.34. The topological polar surface area (TPSA) is 50.8 Å². The molecule has 0 aromatic heterocycles. The molecule has 0 saturated carbocycles. The first-order valence-electron chi connectivity index (χ1n) is 12.4. The van der Waals surface area contributed by atoms with Gasteiger partial charge in [-0.2, -0.15) is 0 Å². The predicted molar refractivity (Wildman–Crippen MR) is 145 cm³/mol. The molecule has 0 radical (unpaired) electrons. The van der Waals surface area contributed by atoms with Gasteiger partial charge in [0.1, 0.15) is 12.3 Å². The molecule has 3 aromatic carbocycles. The fourth-order valence-corrected chi connectivity index (χ4v) is 5.42. The number of amides is 1. The summed E-state index contributed by atoms with van der Waals surface area (Å²) in [5, 5.41) is 4.03. The molecule has 1 N–H and O–H groups in total. The number of halogens is 1. The minimum Gasteiger partial charge on any atom is -0.490 e. The van der Waals surface area contributed by atoms with Gasteiger partial charge in [0.05, 0.1) is 6.61 Å². The van der Waals surface area contributed by atoms with Crippen LogP contribution in [0.25, 0.3) is 6.08 Å². The van der Waals surface area contributed by atoms with Crippen LogP contribution in [0.1, 0.15) is 43.9 Å². The van der Waals surface area contributed by atoms with Gasteiger partial charge in [0, 0.05) is 29.1 Å². The lowest BCUT2D eigenvalue weighted by Crippen LogP contribution is -2.68. The van der Waals surface area contributed by atoms with Gasteiger partial charge >= 0.3 is 0 Å². The highest BCUT2D eigenvalue weighted by Crippen LogP contribution is 2.52. The van der Waals surface area contributed by atoms with E-state index in [1.165, 1.54) is 11.3 Å². The second kappa shape index (κ2) is 9.55. The Hall–Kier alpha value is -3.44. The minimum atomic E-state index is -0.651. The maximum Gasteiger partial charge on any atom is 0.223 e. The molecule has 1 fully saturated rings. The highest BCUT2D eigenvalue weighted by molar-refractivity contribution is 6.30. The zero-order valence-electron chi connectivity index (χ0n) is 20.9. The van der Waals surface area contributed by atoms with Gasteiger partial charge in [-0.1, -0.05) is 67.9 Å². The summed E-state index contributed by atoms with van der Waals surface area (Å²) in [5.74, 6) is 1.44. The highest BCUT2D eigenvalue weighted by atomic mass is 35.5. The molecule has 5 rings (SSSR count). The number of anilines is 1. The molecule has 0 bridgehead atoms. The summed E-state index contributed by atoms with van der Waals surface area (Å²) in [4.78, 5) is 15.0. The molecule has 3 aromatic rings. The van der Waals surface area contributed by atoms with Crippen molar-refractivity contribution in [2.75, 3.05) is 18.1 Å². The van der Waals surface area contributed by atoms with Crippen molar-refractivity contribution in [2.24, 2.45) is 0 Å². The van der Waals surface area contributed by atoms with Gasteiger partial charge in [-0.05, 0) is 60.0 Å². The average Bonchev–Trinajstić information content (AvgIpc) is 3.07. The number of hydrogen-bond donors (Lipinski definition) is 1. The van der Waals surface area contributed by atoms with E-state index >= 15 is 0 Å². The Morgan fingerprint density at radius 3 is 2.58 bits per heavy atom. The van der Waals surface area contributed by atoms with Crippen LogP contribution in [0.15, 0.2) is 72.8 Å². The number of carbonyl (C=O) groups excluding carboxylic acids is 1. The van der Waals surface area contributed by atoms with Crippen LogP contribution < -0.4 is 19.7 Å². The molecule has 5 nitrogen and oxygen atoms in total. The third-order valence-electron chi connectivity index (χ3n) is 7.23. The number of hydrogen-bond acceptors (Lipinski definition) is 4. The van der Waals surface area contributed by atoms with Gasteiger partial charge in [-0.3, -0.25) is 4.79 Å². The van der Waals surface area contributed by atoms with E-state index in [0.717, 1.165) is 11.1 Å². The number of para-hydroxylation sites is 1. The third kappa shape index (κ3) is 4.22. The summed E-state index contributed by atoms with van der Waals surface area (Å²) < 4.78 is 12.0. The van der Waals surface area contributed by atoms with Crippen molar-refractivity contribution in [3.05, 3.63) is 94.5 Å². The Kier molecular flexibility index (Phi) is 6.44. The summed E-state index contributed by atoms with van der Waals surface area (Å²) in [5.41, 5.74) is 3.44. The number of carbonyl (C=O) groups is 1. The van der Waals surface area contributed by atoms with Gasteiger partial charge in [-0.15, -0.1) is 0 Å². The SMILES string of the molecule is CCOc1cc(/C=C/C23NC(=O)CCN2c2ccccc2C3(C)C)ccc1OCc1ccc(Cl)cc1. The zero-order valence-corrected chi connectivity index (χ0v) is 21.6. The van der Waals surface area contributed by atoms with Crippen molar-refractivity contribution in [3.63, 3.8) is 0 Å². The molecule has 36 heavy (non-hydrogen) atoms. The molecule has 186 valence electrons. The van der Waals surface area contributed by atoms with Crippen LogP contribution in [0.3, 0.4) is 0 Å². The fourth-order valence-electron chi connectivity index (χ4n) is 5.29. The monoisotopic (exact) mass is 502 g/mol. The molecule has 2 aliphatic rings. The molecule has 1 saturated heterocycles. The number of rotatable bonds is 7. The lowest BCUT2D eigenvalue weighted by molar-refractivity contribution is -0.124. The average molecular weight is 503 g/mol. The van der Waals surface area contributed by atoms with Crippen molar-refractivity contribution in [3.8, 4) is 11.5 Å². The molecule has 2 aliphatic heterocycles. The van der Waals surface area contributed by atoms with Crippen LogP contribution in [0, 0.1) is 0 Å². The second-order valence-electron chi connectivity index (χ2n) is 9.75. The van der Waals surface area contributed by atoms with Crippen LogP contribution in [0.4, 0.5) is 5.69 Å². The molecule has 2 heterocycles. The van der Waals surface area contributed by atoms with Crippen LogP contribution >= 0.6 is 11.6 Å². The molecule has 0 spiro atoms. The van der Waals surface area contributed by atoms with Crippen molar-refractivity contribution < 1.29 is 14.3 Å². The van der Waals surface area contributed by atoms with Gasteiger partial charge in [0.2, 0.25) is 5.91 Å². The summed E-state index contributed by atoms with van der Waals surface area (Å²) in [6, 6.07) is 22.0. The minimum absolute atomic E-state index is 0.0673. The molecule has 6 heteroatoms. The van der Waals surface area contributed by atoms with Crippen LogP contribution in [0.5, 0.6) is 11.5 Å². The molecule has 1 atom stereocenters. The van der Waals surface area contributed by atoms with E-state index in [4.69, 9.17) is 21.1 Å². The lowest BCUT2D eigenvalue weighted by Gasteiger charge is -2.49. The first-order chi connectivity index (χ1) is 17.3. The first-order valence-corrected chi connectivity index (χ1v) is 12.7. The molecular formula is C30H31ClN2O3. The number of nitrogens with zero attached hydrogens (tertiary/aromatic N) is 1. The van der Waals surface area contributed by atoms with Gasteiger partial charge < -0.3 is 19.7 Å². The Morgan fingerprint density at radius 1 is 1.03 bits per heavy atom. The van der Waals surface area contributed by atoms with E-state index in [0.29, 0.717) is 42.7 Å². The zero-order chi connectivity index (χ0) is 25.3. The molecule has 0 aliphatic carbocycles. The van der Waals surface area contributed by atoms with E-state index in [2.05, 4.69) is 60.5 Å². The lowest BCUT2D eigenvalue weighted by atomic mass is 9.74.